The molecule has 1 aromatic heterocycles. The number of carbonyl (C=O) groups is 2. The third kappa shape index (κ3) is 4.56. The predicted molar refractivity (Wildman–Crippen MR) is 88.7 cm³/mol. The van der Waals surface area contributed by atoms with Crippen molar-refractivity contribution in [3.8, 4) is 5.75 Å². The van der Waals surface area contributed by atoms with Gasteiger partial charge in [0.2, 0.25) is 6.10 Å². The molecule has 6 heteroatoms. The van der Waals surface area contributed by atoms with Crippen molar-refractivity contribution in [3.63, 3.8) is 0 Å². The highest BCUT2D eigenvalue weighted by Gasteiger charge is 2.26. The quantitative estimate of drug-likeness (QED) is 0.825. The van der Waals surface area contributed by atoms with E-state index < -0.39 is 12.1 Å². The second-order valence-electron chi connectivity index (χ2n) is 5.20. The van der Waals surface area contributed by atoms with Crippen LogP contribution in [0, 0.1) is 0 Å². The van der Waals surface area contributed by atoms with Gasteiger partial charge in [0, 0.05) is 11.6 Å². The van der Waals surface area contributed by atoms with E-state index in [2.05, 4.69) is 5.32 Å². The molecule has 0 saturated carbocycles. The Kier molecular flexibility index (Phi) is 5.76. The first kappa shape index (κ1) is 17.0. The number of amides is 1. The summed E-state index contributed by atoms with van der Waals surface area (Å²) in [6, 6.07) is 10.3. The first-order chi connectivity index (χ1) is 11.0. The van der Waals surface area contributed by atoms with E-state index >= 15 is 0 Å². The Labute approximate surface area is 139 Å². The smallest absolute Gasteiger partial charge is 0.349 e. The highest BCUT2D eigenvalue weighted by Crippen LogP contribution is 2.23. The zero-order chi connectivity index (χ0) is 16.8. The molecule has 0 aliphatic carbocycles. The van der Waals surface area contributed by atoms with Gasteiger partial charge in [0.05, 0.1) is 7.11 Å². The first-order valence-electron chi connectivity index (χ1n) is 7.20. The molecule has 0 bridgehead atoms. The van der Waals surface area contributed by atoms with E-state index in [1.807, 2.05) is 13.8 Å². The lowest BCUT2D eigenvalue weighted by Gasteiger charge is -2.19. The lowest BCUT2D eigenvalue weighted by atomic mass is 10.1. The summed E-state index contributed by atoms with van der Waals surface area (Å²) >= 11 is 1.27. The molecule has 1 heterocycles. The first-order valence-corrected chi connectivity index (χ1v) is 8.08. The average Bonchev–Trinajstić information content (AvgIpc) is 3.06. The van der Waals surface area contributed by atoms with Crippen LogP contribution in [0.25, 0.3) is 0 Å². The zero-order valence-corrected chi connectivity index (χ0v) is 14.1. The standard InChI is InChI=1S/C17H19NO4S/c1-11(2)18-16(19)15(12-6-8-13(21-3)9-7-12)22-17(20)14-5-4-10-23-14/h4-11,15H,1-3H3,(H,18,19)/t15-/m0/s1. The Balaban J connectivity index is 2.23. The Bertz CT molecular complexity index is 650. The van der Waals surface area contributed by atoms with Crippen molar-refractivity contribution in [2.45, 2.75) is 26.0 Å². The van der Waals surface area contributed by atoms with E-state index in [4.69, 9.17) is 9.47 Å². The zero-order valence-electron chi connectivity index (χ0n) is 13.2. The molecule has 0 spiro atoms. The van der Waals surface area contributed by atoms with Gasteiger partial charge in [-0.15, -0.1) is 11.3 Å². The van der Waals surface area contributed by atoms with Crippen LogP contribution in [0.3, 0.4) is 0 Å². The molecule has 0 aliphatic heterocycles. The van der Waals surface area contributed by atoms with Crippen molar-refractivity contribution in [1.82, 2.24) is 5.32 Å². The Morgan fingerprint density at radius 3 is 2.35 bits per heavy atom. The molecule has 1 aromatic carbocycles. The van der Waals surface area contributed by atoms with Gasteiger partial charge in [-0.3, -0.25) is 4.79 Å². The van der Waals surface area contributed by atoms with E-state index in [1.54, 1.807) is 48.9 Å². The molecule has 2 aromatic rings. The molecule has 1 N–H and O–H groups in total. The average molecular weight is 333 g/mol. The SMILES string of the molecule is COc1ccc([C@H](OC(=O)c2cccs2)C(=O)NC(C)C)cc1. The van der Waals surface area contributed by atoms with Gasteiger partial charge in [-0.05, 0) is 37.4 Å². The number of esters is 1. The van der Waals surface area contributed by atoms with Gasteiger partial charge >= 0.3 is 5.97 Å². The van der Waals surface area contributed by atoms with E-state index in [0.717, 1.165) is 0 Å². The number of carbonyl (C=O) groups excluding carboxylic acids is 2. The second kappa shape index (κ2) is 7.78. The number of benzene rings is 1. The number of hydrogen-bond donors (Lipinski definition) is 1. The van der Waals surface area contributed by atoms with Crippen LogP contribution in [-0.4, -0.2) is 25.0 Å². The molecule has 23 heavy (non-hydrogen) atoms. The number of nitrogens with one attached hydrogen (secondary N) is 1. The minimum absolute atomic E-state index is 0.0521. The Morgan fingerprint density at radius 1 is 1.13 bits per heavy atom. The maximum absolute atomic E-state index is 12.4. The van der Waals surface area contributed by atoms with Crippen LogP contribution in [-0.2, 0) is 9.53 Å². The molecule has 1 amide bonds. The molecule has 0 radical (unpaired) electrons. The monoisotopic (exact) mass is 333 g/mol. The predicted octanol–water partition coefficient (Wildman–Crippen LogP) is 3.18. The van der Waals surface area contributed by atoms with Gasteiger partial charge in [0.15, 0.2) is 0 Å². The summed E-state index contributed by atoms with van der Waals surface area (Å²) in [5, 5.41) is 4.56. The van der Waals surface area contributed by atoms with Crippen LogP contribution in [0.15, 0.2) is 41.8 Å². The lowest BCUT2D eigenvalue weighted by molar-refractivity contribution is -0.130. The fraction of sp³-hybridized carbons (Fsp3) is 0.294. The van der Waals surface area contributed by atoms with Crippen molar-refractivity contribution in [2.24, 2.45) is 0 Å². The van der Waals surface area contributed by atoms with Crippen LogP contribution in [0.2, 0.25) is 0 Å². The van der Waals surface area contributed by atoms with Crippen molar-refractivity contribution < 1.29 is 19.1 Å². The fourth-order valence-corrected chi connectivity index (χ4v) is 2.58. The van der Waals surface area contributed by atoms with Crippen LogP contribution in [0.1, 0.15) is 35.2 Å². The summed E-state index contributed by atoms with van der Waals surface area (Å²) in [5.41, 5.74) is 0.592. The fourth-order valence-electron chi connectivity index (χ4n) is 1.97. The molecular weight excluding hydrogens is 314 g/mol. The topological polar surface area (TPSA) is 64.6 Å². The third-order valence-corrected chi connectivity index (χ3v) is 3.88. The summed E-state index contributed by atoms with van der Waals surface area (Å²) in [4.78, 5) is 25.0. The van der Waals surface area contributed by atoms with E-state index in [9.17, 15) is 9.59 Å². The summed E-state index contributed by atoms with van der Waals surface area (Å²) in [6.07, 6.45) is -1.00. The highest BCUT2D eigenvalue weighted by atomic mass is 32.1. The molecular formula is C17H19NO4S. The molecule has 0 aliphatic rings. The van der Waals surface area contributed by atoms with Gasteiger partial charge in [0.25, 0.3) is 5.91 Å². The van der Waals surface area contributed by atoms with Crippen molar-refractivity contribution in [2.75, 3.05) is 7.11 Å². The van der Waals surface area contributed by atoms with Crippen molar-refractivity contribution >= 4 is 23.2 Å². The summed E-state index contributed by atoms with van der Waals surface area (Å²) in [6.45, 7) is 3.70. The normalized spacial score (nSPS) is 11.8. The number of hydrogen-bond acceptors (Lipinski definition) is 5. The molecule has 5 nitrogen and oxygen atoms in total. The maximum Gasteiger partial charge on any atom is 0.349 e. The summed E-state index contributed by atoms with van der Waals surface area (Å²) in [7, 11) is 1.56. The summed E-state index contributed by atoms with van der Waals surface area (Å²) in [5.74, 6) is -0.198. The highest BCUT2D eigenvalue weighted by molar-refractivity contribution is 7.11. The van der Waals surface area contributed by atoms with E-state index in [0.29, 0.717) is 16.2 Å². The number of rotatable bonds is 6. The van der Waals surface area contributed by atoms with Crippen molar-refractivity contribution in [3.05, 3.63) is 52.2 Å². The molecule has 0 unspecified atom stereocenters. The largest absolute Gasteiger partial charge is 0.497 e. The van der Waals surface area contributed by atoms with Crippen LogP contribution in [0.4, 0.5) is 0 Å². The van der Waals surface area contributed by atoms with Crippen LogP contribution in [0.5, 0.6) is 5.75 Å². The second-order valence-corrected chi connectivity index (χ2v) is 6.15. The van der Waals surface area contributed by atoms with Gasteiger partial charge in [-0.2, -0.15) is 0 Å². The molecule has 122 valence electrons. The van der Waals surface area contributed by atoms with Crippen molar-refractivity contribution in [1.29, 1.82) is 0 Å². The summed E-state index contributed by atoms with van der Waals surface area (Å²) < 4.78 is 10.5. The lowest BCUT2D eigenvalue weighted by Crippen LogP contribution is -2.36. The van der Waals surface area contributed by atoms with Crippen LogP contribution < -0.4 is 10.1 Å². The third-order valence-electron chi connectivity index (χ3n) is 3.03. The van der Waals surface area contributed by atoms with Gasteiger partial charge in [-0.1, -0.05) is 18.2 Å². The van der Waals surface area contributed by atoms with Gasteiger partial charge in [0.1, 0.15) is 10.6 Å². The van der Waals surface area contributed by atoms with E-state index in [-0.39, 0.29) is 11.9 Å². The molecule has 0 fully saturated rings. The van der Waals surface area contributed by atoms with Gasteiger partial charge < -0.3 is 14.8 Å². The minimum atomic E-state index is -1.00. The maximum atomic E-state index is 12.4. The Morgan fingerprint density at radius 2 is 1.83 bits per heavy atom. The van der Waals surface area contributed by atoms with Crippen LogP contribution >= 0.6 is 11.3 Å². The number of thiophene rings is 1. The number of methoxy groups -OCH3 is 1. The minimum Gasteiger partial charge on any atom is -0.497 e. The van der Waals surface area contributed by atoms with Gasteiger partial charge in [-0.25, -0.2) is 4.79 Å². The Hall–Kier alpha value is -2.34. The van der Waals surface area contributed by atoms with E-state index in [1.165, 1.54) is 11.3 Å². The molecule has 0 saturated heterocycles. The molecule has 2 rings (SSSR count). The molecule has 1 atom stereocenters. The number of ether oxygens (including phenoxy) is 2.